The first-order valence-corrected chi connectivity index (χ1v) is 16.3. The summed E-state index contributed by atoms with van der Waals surface area (Å²) in [7, 11) is 0. The van der Waals surface area contributed by atoms with Crippen molar-refractivity contribution in [1.82, 2.24) is 13.7 Å². The second kappa shape index (κ2) is 10.8. The zero-order chi connectivity index (χ0) is 46.5. The molecule has 238 valence electrons. The van der Waals surface area contributed by atoms with E-state index >= 15 is 0 Å². The fourth-order valence-corrected chi connectivity index (χ4v) is 7.35. The van der Waals surface area contributed by atoms with E-state index in [1.54, 1.807) is 57.7 Å². The van der Waals surface area contributed by atoms with Crippen molar-refractivity contribution >= 4 is 65.4 Å². The average molecular weight is 665 g/mol. The van der Waals surface area contributed by atoms with Crippen LogP contribution in [0.5, 0.6) is 0 Å². The summed E-state index contributed by atoms with van der Waals surface area (Å²) in [5.41, 5.74) is 3.39. The monoisotopic (exact) mass is 664 g/mol. The van der Waals surface area contributed by atoms with E-state index in [4.69, 9.17) is 13.7 Å². The van der Waals surface area contributed by atoms with Crippen LogP contribution in [0.4, 0.5) is 0 Å². The van der Waals surface area contributed by atoms with Gasteiger partial charge in [-0.3, -0.25) is 0 Å². The van der Waals surface area contributed by atoms with Gasteiger partial charge in [-0.2, -0.15) is 0 Å². The normalized spacial score (nSPS) is 16.0. The van der Waals surface area contributed by atoms with E-state index in [2.05, 4.69) is 0 Å². The Morgan fingerprint density at radius 2 is 0.863 bits per heavy atom. The van der Waals surface area contributed by atoms with Gasteiger partial charge in [0.25, 0.3) is 0 Å². The first-order valence-electron chi connectivity index (χ1n) is 23.8. The van der Waals surface area contributed by atoms with Crippen LogP contribution >= 0.6 is 0 Å². The minimum absolute atomic E-state index is 0.0180. The Labute approximate surface area is 315 Å². The van der Waals surface area contributed by atoms with Crippen molar-refractivity contribution < 1.29 is 20.6 Å². The van der Waals surface area contributed by atoms with E-state index in [-0.39, 0.29) is 73.5 Å². The van der Waals surface area contributed by atoms with Crippen LogP contribution in [0.25, 0.3) is 93.6 Å². The SMILES string of the molecule is [2H]c1c([2H])c([2H])c2c(c1[2H])c1c([2H])c([2H])c([2H])c([2H])c1n2-c1ccc2c(c1)c1ccccc1n2-c1c([2H])c([2H])c2c(c1[2H])c1c([2H])c([2H])c([2H])c([2H])c1n2-c1cccc(-c2ccccc2)c1. The quantitative estimate of drug-likeness (QED) is 0.178. The summed E-state index contributed by atoms with van der Waals surface area (Å²) in [6, 6.07) is 22.3. The third kappa shape index (κ3) is 4.12. The molecule has 3 aromatic heterocycles. The molecule has 0 radical (unpaired) electrons. The van der Waals surface area contributed by atoms with Crippen molar-refractivity contribution in [1.29, 1.82) is 0 Å². The van der Waals surface area contributed by atoms with E-state index in [1.807, 2.05) is 48.5 Å². The Balaban J connectivity index is 1.25. The van der Waals surface area contributed by atoms with Gasteiger partial charge in [0.1, 0.15) is 0 Å². The molecule has 3 nitrogen and oxygen atoms in total. The molecule has 3 heterocycles. The van der Waals surface area contributed by atoms with Crippen LogP contribution in [0.2, 0.25) is 0 Å². The Morgan fingerprint density at radius 1 is 0.314 bits per heavy atom. The van der Waals surface area contributed by atoms with Gasteiger partial charge in [-0.25, -0.2) is 0 Å². The largest absolute Gasteiger partial charge is 0.309 e. The summed E-state index contributed by atoms with van der Waals surface area (Å²) in [5, 5.41) is 1.09. The van der Waals surface area contributed by atoms with Crippen LogP contribution in [0.15, 0.2) is 188 Å². The van der Waals surface area contributed by atoms with Crippen molar-refractivity contribution in [2.24, 2.45) is 0 Å². The number of nitrogens with zero attached hydrogens (tertiary/aromatic N) is 3. The topological polar surface area (TPSA) is 14.8 Å². The number of benzene rings is 8. The van der Waals surface area contributed by atoms with Gasteiger partial charge in [0, 0.05) is 49.4 Å². The molecule has 11 rings (SSSR count). The lowest BCUT2D eigenvalue weighted by molar-refractivity contribution is 1.16. The predicted octanol–water partition coefficient (Wildman–Crippen LogP) is 12.6. The molecule has 0 saturated carbocycles. The molecule has 3 heteroatoms. The second-order valence-electron chi connectivity index (χ2n) is 12.3. The molecule has 51 heavy (non-hydrogen) atoms. The molecule has 0 amide bonds. The highest BCUT2D eigenvalue weighted by atomic mass is 15.0. The van der Waals surface area contributed by atoms with Gasteiger partial charge in [0.2, 0.25) is 0 Å². The van der Waals surface area contributed by atoms with Crippen LogP contribution in [0.1, 0.15) is 20.6 Å². The molecule has 0 N–H and O–H groups in total. The Hall–Kier alpha value is -6.84. The van der Waals surface area contributed by atoms with E-state index in [0.29, 0.717) is 33.2 Å². The molecule has 11 aromatic rings. The molecule has 0 spiro atoms. The molecule has 0 saturated heterocycles. The molecule has 0 atom stereocenters. The van der Waals surface area contributed by atoms with Crippen LogP contribution in [-0.4, -0.2) is 13.7 Å². The smallest absolute Gasteiger partial charge is 0.0652 e. The Morgan fingerprint density at radius 3 is 1.59 bits per heavy atom. The van der Waals surface area contributed by atoms with Gasteiger partial charge in [-0.15, -0.1) is 0 Å². The number of hydrogen-bond acceptors (Lipinski definition) is 0. The van der Waals surface area contributed by atoms with E-state index in [9.17, 15) is 6.85 Å². The summed E-state index contributed by atoms with van der Waals surface area (Å²) in [5.74, 6) is 0. The van der Waals surface area contributed by atoms with Crippen molar-refractivity contribution in [2.45, 2.75) is 0 Å². The van der Waals surface area contributed by atoms with Crippen molar-refractivity contribution in [3.8, 4) is 28.2 Å². The maximum Gasteiger partial charge on any atom is 0.0652 e. The van der Waals surface area contributed by atoms with Crippen molar-refractivity contribution in [2.75, 3.05) is 0 Å². The Kier molecular flexibility index (Phi) is 3.65. The Bertz CT molecular complexity index is 3920. The summed E-state index contributed by atoms with van der Waals surface area (Å²) >= 11 is 0. The lowest BCUT2D eigenvalue weighted by Crippen LogP contribution is -1.97. The second-order valence-corrected chi connectivity index (χ2v) is 12.3. The van der Waals surface area contributed by atoms with Gasteiger partial charge in [0.15, 0.2) is 0 Å². The molecule has 0 aliphatic rings. The molecule has 0 bridgehead atoms. The number of para-hydroxylation sites is 4. The van der Waals surface area contributed by atoms with Gasteiger partial charge >= 0.3 is 0 Å². The van der Waals surface area contributed by atoms with E-state index in [0.717, 1.165) is 11.1 Å². The maximum absolute atomic E-state index is 9.99. The highest BCUT2D eigenvalue weighted by Gasteiger charge is 2.18. The molecule has 8 aromatic carbocycles. The lowest BCUT2D eigenvalue weighted by atomic mass is 10.1. The molecular weight excluding hydrogens is 619 g/mol. The molecule has 0 unspecified atom stereocenters. The van der Waals surface area contributed by atoms with Crippen molar-refractivity contribution in [3.63, 3.8) is 0 Å². The minimum atomic E-state index is -0.556. The predicted molar refractivity (Wildman–Crippen MR) is 215 cm³/mol. The van der Waals surface area contributed by atoms with Crippen LogP contribution < -0.4 is 0 Å². The molecular formula is C48H31N3. The fourth-order valence-electron chi connectivity index (χ4n) is 7.35. The van der Waals surface area contributed by atoms with Crippen LogP contribution in [0.3, 0.4) is 0 Å². The van der Waals surface area contributed by atoms with Gasteiger partial charge in [-0.1, -0.05) is 115 Å². The average Bonchev–Trinajstić information content (AvgIpc) is 3.99. The van der Waals surface area contributed by atoms with Crippen molar-refractivity contribution in [3.05, 3.63) is 188 Å². The minimum Gasteiger partial charge on any atom is -0.309 e. The lowest BCUT2D eigenvalue weighted by Gasteiger charge is -2.12. The first kappa shape index (κ1) is 17.2. The fraction of sp³-hybridized carbons (Fsp3) is 0. The molecule has 0 aliphatic carbocycles. The number of hydrogen-bond donors (Lipinski definition) is 0. The number of aromatic nitrogens is 3. The van der Waals surface area contributed by atoms with Gasteiger partial charge < -0.3 is 13.7 Å². The standard InChI is InChI=1S/C48H31N3/c1-2-13-32(14-3-1)33-15-12-16-34(29-33)49-45-23-10-6-19-39(45)41-31-36(26-27-47(41)49)51-46-24-11-7-20-40(46)42-30-35(25-28-48(42)51)50-43-21-8-4-17-37(43)38-18-5-9-22-44(38)50/h1-31H/i4D,5D,6D,8D,9D,10D,17D,18D,19D,21D,22D,23D,26D,27D,31D. The summed E-state index contributed by atoms with van der Waals surface area (Å²) in [4.78, 5) is 0. The van der Waals surface area contributed by atoms with Crippen LogP contribution in [0, 0.1) is 0 Å². The summed E-state index contributed by atoms with van der Waals surface area (Å²) in [6.07, 6.45) is 0. The van der Waals surface area contributed by atoms with Crippen LogP contribution in [-0.2, 0) is 0 Å². The highest BCUT2D eigenvalue weighted by Crippen LogP contribution is 2.39. The maximum atomic E-state index is 9.99. The third-order valence-corrected chi connectivity index (χ3v) is 9.53. The van der Waals surface area contributed by atoms with Gasteiger partial charge in [0.05, 0.1) is 53.7 Å². The number of rotatable bonds is 4. The van der Waals surface area contributed by atoms with Gasteiger partial charge in [-0.05, 0) is 83.8 Å². The summed E-state index contributed by atoms with van der Waals surface area (Å²) in [6.45, 7) is 0. The number of fused-ring (bicyclic) bond motifs is 9. The zero-order valence-corrected chi connectivity index (χ0v) is 26.6. The zero-order valence-electron chi connectivity index (χ0n) is 41.6. The first-order chi connectivity index (χ1) is 31.6. The summed E-state index contributed by atoms with van der Waals surface area (Å²) < 4.78 is 140. The third-order valence-electron chi connectivity index (χ3n) is 9.53. The molecule has 0 aliphatic heterocycles. The highest BCUT2D eigenvalue weighted by molar-refractivity contribution is 6.14. The van der Waals surface area contributed by atoms with E-state index < -0.39 is 66.5 Å². The molecule has 0 fully saturated rings. The van der Waals surface area contributed by atoms with E-state index in [1.165, 1.54) is 4.57 Å².